The Balaban J connectivity index is 0.510. The maximum Gasteiger partial charge on any atom is 0.408 e. The fourth-order valence-electron chi connectivity index (χ4n) is 26.4. The molecule has 14 rings (SSSR count). The van der Waals surface area contributed by atoms with E-state index < -0.39 is 56.9 Å². The highest BCUT2D eigenvalue weighted by molar-refractivity contribution is 8.01. The predicted octanol–water partition coefficient (Wildman–Crippen LogP) is 23.1. The smallest absolute Gasteiger partial charge is 0.408 e. The fraction of sp³-hybridized carbons (Fsp3) is 0.582. The van der Waals surface area contributed by atoms with Crippen molar-refractivity contribution in [1.82, 2.24) is 20.4 Å². The Labute approximate surface area is 762 Å². The Hall–Kier alpha value is -8.44. The van der Waals surface area contributed by atoms with Crippen molar-refractivity contribution in [2.24, 2.45) is 92.7 Å². The van der Waals surface area contributed by atoms with Crippen molar-refractivity contribution in [2.75, 3.05) is 38.7 Å². The summed E-state index contributed by atoms with van der Waals surface area (Å²) < 4.78 is 23.4. The zero-order chi connectivity index (χ0) is 89.4. The molecule has 0 aromatic heterocycles. The number of ether oxygens (including phenoxy) is 4. The molecular formula is C110H142N4O10S2. The number of nitrogens with zero attached hydrogens (tertiary/aromatic N) is 2. The summed E-state index contributed by atoms with van der Waals surface area (Å²) in [7, 11) is 3.70. The van der Waals surface area contributed by atoms with Gasteiger partial charge in [0.05, 0.1) is 22.6 Å². The van der Waals surface area contributed by atoms with Gasteiger partial charge in [0, 0.05) is 38.4 Å². The van der Waals surface area contributed by atoms with Crippen molar-refractivity contribution < 1.29 is 47.7 Å². The summed E-state index contributed by atoms with van der Waals surface area (Å²) in [4.78, 5) is 88.1. The molecule has 6 aromatic rings. The van der Waals surface area contributed by atoms with Gasteiger partial charge in [-0.25, -0.2) is 19.2 Å². The number of carbonyl (C=O) groups is 6. The van der Waals surface area contributed by atoms with Crippen LogP contribution in [0.3, 0.4) is 0 Å². The molecular weight excluding hydrogens is 1600 g/mol. The van der Waals surface area contributed by atoms with Crippen LogP contribution in [0, 0.1) is 116 Å². The van der Waals surface area contributed by atoms with Crippen molar-refractivity contribution in [3.63, 3.8) is 0 Å². The summed E-state index contributed by atoms with van der Waals surface area (Å²) in [6, 6.07) is 60.6. The van der Waals surface area contributed by atoms with Gasteiger partial charge in [0.15, 0.2) is 0 Å². The molecule has 0 bridgehead atoms. The van der Waals surface area contributed by atoms with Crippen LogP contribution in [0.25, 0.3) is 0 Å². The fourth-order valence-corrected chi connectivity index (χ4v) is 29.4. The zero-order valence-corrected chi connectivity index (χ0v) is 79.4. The van der Waals surface area contributed by atoms with Crippen molar-refractivity contribution in [3.8, 4) is 23.7 Å². The Morgan fingerprint density at radius 1 is 0.405 bits per heavy atom. The molecule has 0 saturated heterocycles. The average Bonchev–Trinajstić information content (AvgIpc) is 1.48. The van der Waals surface area contributed by atoms with Crippen LogP contribution in [0.4, 0.5) is 9.59 Å². The van der Waals surface area contributed by atoms with Gasteiger partial charge in [0.2, 0.25) is 11.8 Å². The molecule has 2 unspecified atom stereocenters. The lowest BCUT2D eigenvalue weighted by atomic mass is 9.44. The summed E-state index contributed by atoms with van der Waals surface area (Å²) in [5, 5.41) is 5.99. The molecule has 0 radical (unpaired) electrons. The zero-order valence-electron chi connectivity index (χ0n) is 77.7. The average molecular weight is 1740 g/mol. The number of rotatable bonds is 28. The normalized spacial score (nSPS) is 28.8. The highest BCUT2D eigenvalue weighted by Crippen LogP contribution is 2.71. The minimum Gasteiger partial charge on any atom is -0.461 e. The molecule has 8 fully saturated rings. The number of benzene rings is 6. The van der Waals surface area contributed by atoms with Crippen molar-refractivity contribution >= 4 is 59.5 Å². The number of fused-ring (bicyclic) bond motifs is 10. The standard InChI is InChI=1S/C110H142N4O10S2/c1-75(89-55-57-91-87-53-51-83-71-85(61-65-105(83,9)93(87)63-67-107(89,91)11)121-99(117)95(111-101(119)123-103(3,4)5)73-125-109(77-37-23-17-24-38-77,78-39-25-18-26-40-78)79-41-27-19-28-42-79)49-59-97(115)113(13)69-35-15-16-36-70-114(14)98(116)60-50-76(2)90-56-58-92-88-54-52-84-72-86(62-66-106(84,10)94(88)64-68-108(90,92)12)122-100(118)96(112-102(120)124-104(6,7)8)74-126-110(80-43-29-20-30-44-80,81-45-31-21-32-46-81)82-47-33-22-34-48-82/h17-34,37-48,75-76,83-96H,49-74H2,1-14H3,(H,111,119)(H,112,120)/t75-,76-,83-,84-,85-,86-,87+,88+,89-,90-,91+,92+,93+,94+,95?,96?,105+,106+,107-,108-/m1/s1. The van der Waals surface area contributed by atoms with Gasteiger partial charge in [-0.2, -0.15) is 0 Å². The summed E-state index contributed by atoms with van der Waals surface area (Å²) in [6.07, 6.45) is 20.7. The predicted molar refractivity (Wildman–Crippen MR) is 507 cm³/mol. The molecule has 8 aliphatic carbocycles. The first-order valence-electron chi connectivity index (χ1n) is 47.7. The van der Waals surface area contributed by atoms with Crippen molar-refractivity contribution in [1.29, 1.82) is 0 Å². The van der Waals surface area contributed by atoms with E-state index in [0.717, 1.165) is 97.6 Å². The molecule has 8 saturated carbocycles. The van der Waals surface area contributed by atoms with Crippen LogP contribution in [0.2, 0.25) is 0 Å². The minimum absolute atomic E-state index is 0.112. The topological polar surface area (TPSA) is 170 Å². The lowest BCUT2D eigenvalue weighted by Crippen LogP contribution is -2.54. The molecule has 674 valence electrons. The molecule has 8 aliphatic rings. The second kappa shape index (κ2) is 39.9. The molecule has 6 aromatic carbocycles. The molecule has 0 heterocycles. The summed E-state index contributed by atoms with van der Waals surface area (Å²) in [5.74, 6) is 18.9. The number of nitrogens with one attached hydrogen (secondary N) is 2. The van der Waals surface area contributed by atoms with E-state index in [1.807, 2.05) is 92.0 Å². The van der Waals surface area contributed by atoms with Crippen LogP contribution in [0.5, 0.6) is 0 Å². The van der Waals surface area contributed by atoms with E-state index in [4.69, 9.17) is 18.9 Å². The SMILES string of the molecule is C[C@H](CCC(=O)N(C)CC#CC#CCN(C)C(=O)CC[C@@H](C)[C@H]1CC[C@H]2[C@@H]3CC[C@@H]4C[C@H](OC(=O)C(CSC(c5ccccc5)(c5ccccc5)c5ccccc5)NC(=O)OC(C)(C)C)CC[C@]4(C)[C@H]3CC[C@]12C)[C@H]1CC[C@H]2[C@@H]3CC[C@@H]4C[C@H](OC(=O)C(CSC(c5ccccc5)(c5ccccc5)c5ccccc5)NC(=O)OC(C)(C)C)CC[C@]4(C)[C@H]3CC[C@]12C. The van der Waals surface area contributed by atoms with Gasteiger partial charge < -0.3 is 39.4 Å². The number of hydrogen-bond donors (Lipinski definition) is 2. The van der Waals surface area contributed by atoms with Gasteiger partial charge in [-0.15, -0.1) is 23.5 Å². The molecule has 2 N–H and O–H groups in total. The third-order valence-corrected chi connectivity index (χ3v) is 35.9. The highest BCUT2D eigenvalue weighted by atomic mass is 32.2. The van der Waals surface area contributed by atoms with E-state index in [-0.39, 0.29) is 57.2 Å². The maximum atomic E-state index is 14.8. The van der Waals surface area contributed by atoms with Gasteiger partial charge in [-0.05, 0) is 308 Å². The van der Waals surface area contributed by atoms with Crippen LogP contribution < -0.4 is 10.6 Å². The monoisotopic (exact) mass is 1740 g/mol. The van der Waals surface area contributed by atoms with E-state index in [9.17, 15) is 28.8 Å². The van der Waals surface area contributed by atoms with Crippen LogP contribution in [0.15, 0.2) is 182 Å². The maximum absolute atomic E-state index is 14.8. The second-order valence-corrected chi connectivity index (χ2v) is 44.6. The molecule has 16 heteroatoms. The molecule has 0 spiro atoms. The van der Waals surface area contributed by atoms with Crippen LogP contribution >= 0.6 is 23.5 Å². The highest BCUT2D eigenvalue weighted by Gasteiger charge is 2.63. The number of esters is 2. The Morgan fingerprint density at radius 3 is 1.00 bits per heavy atom. The van der Waals surface area contributed by atoms with E-state index in [1.54, 1.807) is 33.3 Å². The molecule has 20 atom stereocenters. The van der Waals surface area contributed by atoms with E-state index in [2.05, 4.69) is 221 Å². The van der Waals surface area contributed by atoms with Gasteiger partial charge in [0.1, 0.15) is 35.5 Å². The molecule has 0 aliphatic heterocycles. The number of thioether (sulfide) groups is 2. The third-order valence-electron chi connectivity index (χ3n) is 32.6. The minimum atomic E-state index is -0.964. The van der Waals surface area contributed by atoms with Crippen molar-refractivity contribution in [2.45, 2.75) is 269 Å². The Bertz CT molecular complexity index is 4330. The first-order valence-corrected chi connectivity index (χ1v) is 49.7. The summed E-state index contributed by atoms with van der Waals surface area (Å²) >= 11 is 3.26. The van der Waals surface area contributed by atoms with Gasteiger partial charge in [-0.1, -0.05) is 235 Å². The second-order valence-electron chi connectivity index (χ2n) is 42.2. The Morgan fingerprint density at radius 2 is 0.698 bits per heavy atom. The Kier molecular flexibility index (Phi) is 29.7. The van der Waals surface area contributed by atoms with Gasteiger partial charge in [0.25, 0.3) is 0 Å². The quantitative estimate of drug-likeness (QED) is 0.0207. The molecule has 4 amide bonds. The number of amides is 4. The van der Waals surface area contributed by atoms with E-state index in [0.29, 0.717) is 96.9 Å². The summed E-state index contributed by atoms with van der Waals surface area (Å²) in [5.41, 5.74) is 5.71. The number of alkyl carbamates (subject to hydrolysis) is 2. The van der Waals surface area contributed by atoms with Crippen LogP contribution in [-0.4, -0.2) is 120 Å². The largest absolute Gasteiger partial charge is 0.461 e. The first kappa shape index (κ1) is 93.7. The first-order chi connectivity index (χ1) is 60.3. The lowest BCUT2D eigenvalue weighted by molar-refractivity contribution is -0.164. The van der Waals surface area contributed by atoms with Gasteiger partial charge >= 0.3 is 24.1 Å². The van der Waals surface area contributed by atoms with E-state index >= 15 is 0 Å². The van der Waals surface area contributed by atoms with Gasteiger partial charge in [-0.3, -0.25) is 9.59 Å². The lowest BCUT2D eigenvalue weighted by Gasteiger charge is -2.61. The third kappa shape index (κ3) is 20.4. The van der Waals surface area contributed by atoms with Crippen molar-refractivity contribution in [3.05, 3.63) is 215 Å². The van der Waals surface area contributed by atoms with Crippen LogP contribution in [0.1, 0.15) is 258 Å². The number of hydrogen-bond acceptors (Lipinski definition) is 12. The molecule has 126 heavy (non-hydrogen) atoms. The number of carbonyl (C=O) groups excluding carboxylic acids is 6. The summed E-state index contributed by atoms with van der Waals surface area (Å²) in [6.45, 7) is 26.7. The molecule has 14 nitrogen and oxygen atoms in total. The van der Waals surface area contributed by atoms with Crippen LogP contribution in [-0.2, 0) is 47.6 Å². The van der Waals surface area contributed by atoms with E-state index in [1.165, 1.54) is 64.2 Å².